The molecule has 0 aromatic heterocycles. The van der Waals surface area contributed by atoms with Crippen molar-refractivity contribution < 1.29 is 14.8 Å². The molecule has 2 N–H and O–H groups in total. The highest BCUT2D eigenvalue weighted by atomic mass is 16.6. The van der Waals surface area contributed by atoms with E-state index >= 15 is 0 Å². The van der Waals surface area contributed by atoms with Crippen LogP contribution in [0.4, 0.5) is 11.4 Å². The van der Waals surface area contributed by atoms with Crippen molar-refractivity contribution in [3.05, 3.63) is 46.5 Å². The number of benzene rings is 1. The first-order valence-electron chi connectivity index (χ1n) is 5.42. The second-order valence-electron chi connectivity index (χ2n) is 3.65. The van der Waals surface area contributed by atoms with E-state index in [0.717, 1.165) is 12.8 Å². The van der Waals surface area contributed by atoms with Crippen LogP contribution in [-0.4, -0.2) is 22.5 Å². The molecule has 0 unspecified atom stereocenters. The monoisotopic (exact) mass is 250 g/mol. The predicted octanol–water partition coefficient (Wildman–Crippen LogP) is 2.67. The Bertz CT molecular complexity index is 471. The van der Waals surface area contributed by atoms with Crippen LogP contribution in [0.5, 0.6) is 0 Å². The fraction of sp³-hybridized carbons (Fsp3) is 0.250. The van der Waals surface area contributed by atoms with Crippen LogP contribution in [0.3, 0.4) is 0 Å². The van der Waals surface area contributed by atoms with Crippen LogP contribution in [0.15, 0.2) is 30.9 Å². The maximum Gasteiger partial charge on any atom is 0.342 e. The minimum absolute atomic E-state index is 0.309. The highest BCUT2D eigenvalue weighted by molar-refractivity contribution is 5.93. The average molecular weight is 250 g/mol. The Morgan fingerprint density at radius 1 is 1.56 bits per heavy atom. The summed E-state index contributed by atoms with van der Waals surface area (Å²) in [7, 11) is 0. The molecule has 0 atom stereocenters. The number of allylic oxidation sites excluding steroid dienone is 1. The van der Waals surface area contributed by atoms with Crippen molar-refractivity contribution in [1.82, 2.24) is 0 Å². The number of hydrogen-bond acceptors (Lipinski definition) is 4. The number of anilines is 1. The summed E-state index contributed by atoms with van der Waals surface area (Å²) in [5, 5.41) is 22.6. The topological polar surface area (TPSA) is 92.5 Å². The molecule has 0 heterocycles. The molecule has 6 nitrogen and oxygen atoms in total. The van der Waals surface area contributed by atoms with Gasteiger partial charge in [-0.25, -0.2) is 4.79 Å². The van der Waals surface area contributed by atoms with E-state index in [4.69, 9.17) is 5.11 Å². The summed E-state index contributed by atoms with van der Waals surface area (Å²) in [6.45, 7) is 4.24. The van der Waals surface area contributed by atoms with Gasteiger partial charge in [0.25, 0.3) is 5.69 Å². The minimum atomic E-state index is -1.31. The van der Waals surface area contributed by atoms with E-state index in [2.05, 4.69) is 11.9 Å². The highest BCUT2D eigenvalue weighted by Crippen LogP contribution is 2.23. The summed E-state index contributed by atoms with van der Waals surface area (Å²) in [5.41, 5.74) is -0.177. The fourth-order valence-electron chi connectivity index (χ4n) is 1.45. The van der Waals surface area contributed by atoms with Crippen molar-refractivity contribution in [2.45, 2.75) is 12.8 Å². The molecule has 0 radical (unpaired) electrons. The molecular weight excluding hydrogens is 236 g/mol. The summed E-state index contributed by atoms with van der Waals surface area (Å²) >= 11 is 0. The lowest BCUT2D eigenvalue weighted by Crippen LogP contribution is -2.05. The first kappa shape index (κ1) is 13.7. The molecule has 1 rings (SSSR count). The molecule has 0 aliphatic carbocycles. The number of carboxylic acid groups (broad SMARTS) is 1. The van der Waals surface area contributed by atoms with Gasteiger partial charge in [0.05, 0.1) is 4.92 Å². The number of unbranched alkanes of at least 4 members (excludes halogenated alkanes) is 1. The molecule has 0 bridgehead atoms. The van der Waals surface area contributed by atoms with E-state index in [9.17, 15) is 14.9 Å². The molecule has 0 fully saturated rings. The van der Waals surface area contributed by atoms with Crippen LogP contribution in [0.1, 0.15) is 23.2 Å². The van der Waals surface area contributed by atoms with Gasteiger partial charge in [-0.05, 0) is 25.0 Å². The molecule has 0 amide bonds. The molecule has 6 heteroatoms. The van der Waals surface area contributed by atoms with Gasteiger partial charge in [0, 0.05) is 18.3 Å². The van der Waals surface area contributed by atoms with Crippen LogP contribution in [0.25, 0.3) is 0 Å². The third-order valence-corrected chi connectivity index (χ3v) is 2.34. The van der Waals surface area contributed by atoms with Gasteiger partial charge in [-0.3, -0.25) is 10.1 Å². The van der Waals surface area contributed by atoms with Gasteiger partial charge in [-0.1, -0.05) is 6.08 Å². The smallest absolute Gasteiger partial charge is 0.342 e. The molecule has 1 aromatic carbocycles. The number of aromatic carboxylic acids is 1. The van der Waals surface area contributed by atoms with Crippen LogP contribution >= 0.6 is 0 Å². The summed E-state index contributed by atoms with van der Waals surface area (Å²) in [4.78, 5) is 20.9. The van der Waals surface area contributed by atoms with Crippen molar-refractivity contribution >= 4 is 17.3 Å². The first-order chi connectivity index (χ1) is 8.56. The third-order valence-electron chi connectivity index (χ3n) is 2.34. The molecule has 0 aliphatic rings. The molecule has 96 valence electrons. The zero-order valence-corrected chi connectivity index (χ0v) is 9.76. The number of carbonyl (C=O) groups is 1. The normalized spacial score (nSPS) is 9.78. The van der Waals surface area contributed by atoms with Crippen LogP contribution in [-0.2, 0) is 0 Å². The molecule has 0 aliphatic heterocycles. The summed E-state index contributed by atoms with van der Waals surface area (Å²) in [6, 6.07) is 3.98. The lowest BCUT2D eigenvalue weighted by Gasteiger charge is -2.06. The van der Waals surface area contributed by atoms with Gasteiger partial charge < -0.3 is 10.4 Å². The first-order valence-corrected chi connectivity index (χ1v) is 5.42. The molecular formula is C12H14N2O4. The molecule has 0 saturated carbocycles. The van der Waals surface area contributed by atoms with Gasteiger partial charge >= 0.3 is 5.97 Å². The van der Waals surface area contributed by atoms with Crippen LogP contribution in [0.2, 0.25) is 0 Å². The van der Waals surface area contributed by atoms with E-state index in [1.165, 1.54) is 18.2 Å². The lowest BCUT2D eigenvalue weighted by molar-refractivity contribution is -0.385. The number of hydrogen-bond donors (Lipinski definition) is 2. The Labute approximate surface area is 104 Å². The molecule has 0 spiro atoms. The van der Waals surface area contributed by atoms with E-state index in [1.807, 2.05) is 0 Å². The Kier molecular flexibility index (Phi) is 4.86. The standard InChI is InChI=1S/C12H14N2O4/c1-2-3-4-7-13-9-5-6-10(12(15)16)11(8-9)14(17)18/h2,5-6,8,13H,1,3-4,7H2,(H,15,16). The Balaban J connectivity index is 2.83. The van der Waals surface area contributed by atoms with Crippen molar-refractivity contribution in [1.29, 1.82) is 0 Å². The van der Waals surface area contributed by atoms with E-state index < -0.39 is 16.6 Å². The zero-order valence-electron chi connectivity index (χ0n) is 9.76. The van der Waals surface area contributed by atoms with E-state index in [0.29, 0.717) is 12.2 Å². The van der Waals surface area contributed by atoms with Crippen LogP contribution < -0.4 is 5.32 Å². The van der Waals surface area contributed by atoms with E-state index in [1.54, 1.807) is 6.08 Å². The van der Waals surface area contributed by atoms with Gasteiger partial charge in [-0.2, -0.15) is 0 Å². The summed E-state index contributed by atoms with van der Waals surface area (Å²) in [5.74, 6) is -1.31. The maximum atomic E-state index is 10.8. The minimum Gasteiger partial charge on any atom is -0.477 e. The Hall–Kier alpha value is -2.37. The van der Waals surface area contributed by atoms with Crippen molar-refractivity contribution in [2.24, 2.45) is 0 Å². The number of nitro groups is 1. The Morgan fingerprint density at radius 3 is 2.83 bits per heavy atom. The maximum absolute atomic E-state index is 10.8. The average Bonchev–Trinajstić information content (AvgIpc) is 2.34. The van der Waals surface area contributed by atoms with Gasteiger partial charge in [0.2, 0.25) is 0 Å². The van der Waals surface area contributed by atoms with Crippen molar-refractivity contribution in [3.8, 4) is 0 Å². The Morgan fingerprint density at radius 2 is 2.28 bits per heavy atom. The van der Waals surface area contributed by atoms with E-state index in [-0.39, 0.29) is 5.56 Å². The lowest BCUT2D eigenvalue weighted by atomic mass is 10.1. The highest BCUT2D eigenvalue weighted by Gasteiger charge is 2.19. The number of rotatable bonds is 7. The van der Waals surface area contributed by atoms with Crippen molar-refractivity contribution in [3.63, 3.8) is 0 Å². The summed E-state index contributed by atoms with van der Waals surface area (Å²) in [6.07, 6.45) is 3.50. The number of nitrogens with zero attached hydrogens (tertiary/aromatic N) is 1. The molecule has 1 aromatic rings. The quantitative estimate of drug-likeness (QED) is 0.336. The SMILES string of the molecule is C=CCCCNc1ccc(C(=O)O)c([N+](=O)[O-])c1. The molecule has 0 saturated heterocycles. The predicted molar refractivity (Wildman–Crippen MR) is 68.0 cm³/mol. The fourth-order valence-corrected chi connectivity index (χ4v) is 1.45. The second kappa shape index (κ2) is 6.39. The zero-order chi connectivity index (χ0) is 13.5. The second-order valence-corrected chi connectivity index (χ2v) is 3.65. The summed E-state index contributed by atoms with van der Waals surface area (Å²) < 4.78 is 0. The largest absolute Gasteiger partial charge is 0.477 e. The molecule has 18 heavy (non-hydrogen) atoms. The van der Waals surface area contributed by atoms with Gasteiger partial charge in [0.15, 0.2) is 0 Å². The van der Waals surface area contributed by atoms with Crippen LogP contribution in [0, 0.1) is 10.1 Å². The number of nitrogens with one attached hydrogen (secondary N) is 1. The van der Waals surface area contributed by atoms with Gasteiger partial charge in [0.1, 0.15) is 5.56 Å². The number of nitro benzene ring substituents is 1. The van der Waals surface area contributed by atoms with Gasteiger partial charge in [-0.15, -0.1) is 6.58 Å². The number of carboxylic acids is 1. The third kappa shape index (κ3) is 3.58. The van der Waals surface area contributed by atoms with Crippen molar-refractivity contribution in [2.75, 3.05) is 11.9 Å².